The van der Waals surface area contributed by atoms with E-state index in [0.29, 0.717) is 5.75 Å². The molecule has 3 rings (SSSR count). The van der Waals surface area contributed by atoms with Crippen molar-refractivity contribution in [2.75, 3.05) is 14.2 Å². The Morgan fingerprint density at radius 2 is 1.65 bits per heavy atom. The van der Waals surface area contributed by atoms with Crippen LogP contribution in [0.25, 0.3) is 0 Å². The van der Waals surface area contributed by atoms with Crippen molar-refractivity contribution in [3.63, 3.8) is 0 Å². The van der Waals surface area contributed by atoms with Crippen molar-refractivity contribution < 1.29 is 14.6 Å². The first-order valence-corrected chi connectivity index (χ1v) is 5.35. The zero-order valence-corrected chi connectivity index (χ0v) is 9.65. The third-order valence-corrected chi connectivity index (χ3v) is 3.11. The lowest BCUT2D eigenvalue weighted by Gasteiger charge is -2.13. The second-order valence-electron chi connectivity index (χ2n) is 3.95. The molecule has 1 aliphatic carbocycles. The molecule has 0 radical (unpaired) electrons. The highest BCUT2D eigenvalue weighted by Crippen LogP contribution is 2.32. The summed E-state index contributed by atoms with van der Waals surface area (Å²) in [6.45, 7) is 0. The van der Waals surface area contributed by atoms with E-state index < -0.39 is 0 Å². The van der Waals surface area contributed by atoms with Crippen LogP contribution in [-0.2, 0) is 0 Å². The highest BCUT2D eigenvalue weighted by Gasteiger charge is 2.12. The Hall–Kier alpha value is -2.16. The Morgan fingerprint density at radius 1 is 0.882 bits per heavy atom. The van der Waals surface area contributed by atoms with Gasteiger partial charge in [-0.25, -0.2) is 0 Å². The van der Waals surface area contributed by atoms with E-state index in [9.17, 15) is 5.11 Å². The molecular weight excluding hydrogens is 216 g/mol. The number of fused-ring (bicyclic) bond motifs is 2. The van der Waals surface area contributed by atoms with Crippen molar-refractivity contribution >= 4 is 0 Å². The Morgan fingerprint density at radius 3 is 2.35 bits per heavy atom. The summed E-state index contributed by atoms with van der Waals surface area (Å²) >= 11 is 0. The predicted molar refractivity (Wildman–Crippen MR) is 63.0 cm³/mol. The number of hydrogen-bond acceptors (Lipinski definition) is 3. The van der Waals surface area contributed by atoms with E-state index in [-0.39, 0.29) is 5.75 Å². The Kier molecular flexibility index (Phi) is 2.01. The summed E-state index contributed by atoms with van der Waals surface area (Å²) in [6.07, 6.45) is 0. The third-order valence-electron chi connectivity index (χ3n) is 3.11. The highest BCUT2D eigenvalue weighted by molar-refractivity contribution is 5.48. The van der Waals surface area contributed by atoms with Crippen LogP contribution in [0.5, 0.6) is 17.2 Å². The summed E-state index contributed by atoms with van der Waals surface area (Å²) in [6, 6.07) is 9.26. The van der Waals surface area contributed by atoms with Gasteiger partial charge in [-0.2, -0.15) is 0 Å². The fraction of sp³-hybridized carbons (Fsp3) is 0.143. The molecule has 0 bridgehead atoms. The average Bonchev–Trinajstić information content (AvgIpc) is 2.35. The first kappa shape index (κ1) is 10.0. The zero-order chi connectivity index (χ0) is 12.0. The van der Waals surface area contributed by atoms with Gasteiger partial charge in [-0.1, -0.05) is 6.07 Å². The summed E-state index contributed by atoms with van der Waals surface area (Å²) in [4.78, 5) is 0. The number of ether oxygens (including phenoxy) is 2. The Labute approximate surface area is 97.9 Å². The molecule has 0 fully saturated rings. The molecule has 86 valence electrons. The SMILES string of the molecule is COc1ccc2c(c1OC)=c1cc(O)ccc1=2. The van der Waals surface area contributed by atoms with Gasteiger partial charge < -0.3 is 14.6 Å². The number of hydrogen-bond donors (Lipinski definition) is 1. The van der Waals surface area contributed by atoms with Crippen molar-refractivity contribution in [2.45, 2.75) is 0 Å². The quantitative estimate of drug-likeness (QED) is 0.731. The van der Waals surface area contributed by atoms with Crippen LogP contribution in [-0.4, -0.2) is 19.3 Å². The lowest BCUT2D eigenvalue weighted by Crippen LogP contribution is -1.98. The first-order valence-electron chi connectivity index (χ1n) is 5.35. The third kappa shape index (κ3) is 1.22. The smallest absolute Gasteiger partial charge is 0.169 e. The van der Waals surface area contributed by atoms with Gasteiger partial charge in [0.25, 0.3) is 0 Å². The molecule has 0 heterocycles. The van der Waals surface area contributed by atoms with Gasteiger partial charge in [-0.3, -0.25) is 0 Å². The number of benzene rings is 2. The van der Waals surface area contributed by atoms with Crippen molar-refractivity contribution in [1.29, 1.82) is 0 Å². The largest absolute Gasteiger partial charge is 0.508 e. The minimum absolute atomic E-state index is 0.263. The normalized spacial score (nSPS) is 11.2. The van der Waals surface area contributed by atoms with E-state index in [0.717, 1.165) is 26.6 Å². The second kappa shape index (κ2) is 3.42. The van der Waals surface area contributed by atoms with Crippen LogP contribution in [0, 0.1) is 20.9 Å². The standard InChI is InChI=1S/C14H12O3/c1-16-12-6-5-10-9-4-3-8(15)7-11(9)13(10)14(12)17-2/h3-7,15H,1-2H3. The van der Waals surface area contributed by atoms with Gasteiger partial charge >= 0.3 is 0 Å². The molecule has 0 atom stereocenters. The minimum Gasteiger partial charge on any atom is -0.508 e. The first-order chi connectivity index (χ1) is 8.26. The predicted octanol–water partition coefficient (Wildman–Crippen LogP) is 2.30. The molecule has 17 heavy (non-hydrogen) atoms. The van der Waals surface area contributed by atoms with Crippen LogP contribution in [0.3, 0.4) is 0 Å². The number of phenolic OH excluding ortho intramolecular Hbond substituents is 1. The molecule has 0 spiro atoms. The van der Waals surface area contributed by atoms with Crippen LogP contribution >= 0.6 is 0 Å². The fourth-order valence-corrected chi connectivity index (χ4v) is 2.33. The van der Waals surface area contributed by atoms with E-state index in [1.165, 1.54) is 0 Å². The topological polar surface area (TPSA) is 38.7 Å². The molecule has 2 aromatic rings. The highest BCUT2D eigenvalue weighted by atomic mass is 16.5. The molecule has 0 aromatic heterocycles. The van der Waals surface area contributed by atoms with Crippen LogP contribution in [0.15, 0.2) is 30.3 Å². The monoisotopic (exact) mass is 228 g/mol. The molecule has 1 aliphatic rings. The maximum absolute atomic E-state index is 9.51. The van der Waals surface area contributed by atoms with Crippen molar-refractivity contribution in [2.24, 2.45) is 0 Å². The molecule has 0 aliphatic heterocycles. The fourth-order valence-electron chi connectivity index (χ4n) is 2.33. The van der Waals surface area contributed by atoms with Crippen molar-refractivity contribution in [1.82, 2.24) is 0 Å². The molecule has 3 heteroatoms. The Balaban J connectivity index is 2.51. The van der Waals surface area contributed by atoms with E-state index in [1.807, 2.05) is 18.2 Å². The van der Waals surface area contributed by atoms with Gasteiger partial charge in [0.05, 0.1) is 14.2 Å². The zero-order valence-electron chi connectivity index (χ0n) is 9.65. The molecule has 0 saturated heterocycles. The van der Waals surface area contributed by atoms with E-state index in [2.05, 4.69) is 0 Å². The number of methoxy groups -OCH3 is 2. The number of aromatic hydroxyl groups is 1. The summed E-state index contributed by atoms with van der Waals surface area (Å²) in [5, 5.41) is 13.8. The molecular formula is C14H12O3. The van der Waals surface area contributed by atoms with Crippen molar-refractivity contribution in [3.05, 3.63) is 51.2 Å². The van der Waals surface area contributed by atoms with Gasteiger partial charge in [-0.15, -0.1) is 0 Å². The number of phenols is 1. The lowest BCUT2D eigenvalue weighted by atomic mass is 10.00. The minimum atomic E-state index is 0.263. The molecule has 0 unspecified atom stereocenters. The summed E-state index contributed by atoms with van der Waals surface area (Å²) in [7, 11) is 3.24. The van der Waals surface area contributed by atoms with Gasteiger partial charge in [0.2, 0.25) is 0 Å². The molecule has 1 N–H and O–H groups in total. The lowest BCUT2D eigenvalue weighted by molar-refractivity contribution is 0.352. The van der Waals surface area contributed by atoms with Crippen LogP contribution in [0.1, 0.15) is 0 Å². The average molecular weight is 228 g/mol. The summed E-state index contributed by atoms with van der Waals surface area (Å²) in [5.41, 5.74) is 0. The van der Waals surface area contributed by atoms with Crippen LogP contribution in [0.4, 0.5) is 0 Å². The molecule has 2 aromatic carbocycles. The summed E-state index contributed by atoms with van der Waals surface area (Å²) in [5.74, 6) is 1.70. The second-order valence-corrected chi connectivity index (χ2v) is 3.95. The summed E-state index contributed by atoms with van der Waals surface area (Å²) < 4.78 is 10.7. The Bertz CT molecular complexity index is 778. The van der Waals surface area contributed by atoms with E-state index >= 15 is 0 Å². The maximum atomic E-state index is 9.51. The van der Waals surface area contributed by atoms with E-state index in [1.54, 1.807) is 26.4 Å². The van der Waals surface area contributed by atoms with Gasteiger partial charge in [0.15, 0.2) is 11.5 Å². The number of rotatable bonds is 2. The molecule has 3 nitrogen and oxygen atoms in total. The van der Waals surface area contributed by atoms with Crippen molar-refractivity contribution in [3.8, 4) is 17.2 Å². The maximum Gasteiger partial charge on any atom is 0.169 e. The van der Waals surface area contributed by atoms with Crippen LogP contribution in [0.2, 0.25) is 0 Å². The molecule has 0 amide bonds. The van der Waals surface area contributed by atoms with E-state index in [4.69, 9.17) is 9.47 Å². The van der Waals surface area contributed by atoms with Gasteiger partial charge in [-0.05, 0) is 39.9 Å². The molecule has 0 saturated carbocycles. The van der Waals surface area contributed by atoms with Gasteiger partial charge in [0.1, 0.15) is 5.75 Å². The van der Waals surface area contributed by atoms with Crippen LogP contribution < -0.4 is 9.47 Å². The van der Waals surface area contributed by atoms with Gasteiger partial charge in [0, 0.05) is 5.22 Å².